The summed E-state index contributed by atoms with van der Waals surface area (Å²) in [5.74, 6) is 1.63. The zero-order valence-corrected chi connectivity index (χ0v) is 17.4. The monoisotopic (exact) mass is 423 g/mol. The smallest absolute Gasteiger partial charge is 0.276 e. The highest BCUT2D eigenvalue weighted by atomic mass is 35.5. The van der Waals surface area contributed by atoms with E-state index in [9.17, 15) is 4.79 Å². The lowest BCUT2D eigenvalue weighted by atomic mass is 10.2. The molecule has 1 amide bonds. The second kappa shape index (κ2) is 9.54. The maximum atomic E-state index is 12.5. The summed E-state index contributed by atoms with van der Waals surface area (Å²) in [6.07, 6.45) is 1.71. The van der Waals surface area contributed by atoms with E-state index in [0.717, 1.165) is 16.1 Å². The first-order valence-electron chi connectivity index (χ1n) is 8.24. The lowest BCUT2D eigenvalue weighted by Crippen LogP contribution is -2.17. The van der Waals surface area contributed by atoms with Crippen molar-refractivity contribution in [3.05, 3.63) is 51.6 Å². The number of nitrogens with two attached hydrogens (primary N) is 1. The van der Waals surface area contributed by atoms with Crippen molar-refractivity contribution in [2.45, 2.75) is 20.0 Å². The van der Waals surface area contributed by atoms with Gasteiger partial charge in [-0.3, -0.25) is 4.79 Å². The predicted molar refractivity (Wildman–Crippen MR) is 111 cm³/mol. The van der Waals surface area contributed by atoms with E-state index in [2.05, 4.69) is 15.4 Å². The maximum absolute atomic E-state index is 12.5. The fourth-order valence-corrected chi connectivity index (χ4v) is 3.25. The van der Waals surface area contributed by atoms with E-state index in [-0.39, 0.29) is 18.3 Å². The van der Waals surface area contributed by atoms with Crippen LogP contribution in [0.15, 0.2) is 29.8 Å². The highest BCUT2D eigenvalue weighted by Crippen LogP contribution is 2.28. The Morgan fingerprint density at radius 2 is 2.04 bits per heavy atom. The third kappa shape index (κ3) is 4.61. The number of hydrogen-bond acceptors (Lipinski definition) is 7. The number of benzene rings is 1. The fraction of sp³-hybridized carbons (Fsp3) is 0.278. The van der Waals surface area contributed by atoms with Crippen LogP contribution in [0.1, 0.15) is 26.6 Å². The molecule has 10 heteroatoms. The molecule has 8 nitrogen and oxygen atoms in total. The van der Waals surface area contributed by atoms with Crippen LogP contribution in [0.4, 0.5) is 5.82 Å². The lowest BCUT2D eigenvalue weighted by molar-refractivity contribution is 0.102. The highest BCUT2D eigenvalue weighted by Gasteiger charge is 2.16. The first-order chi connectivity index (χ1) is 13.0. The number of rotatable bonds is 7. The minimum atomic E-state index is -0.289. The van der Waals surface area contributed by atoms with Crippen LogP contribution < -0.4 is 20.5 Å². The number of ether oxygens (including phenoxy) is 2. The Hall–Kier alpha value is -2.62. The number of hydrogen-bond donors (Lipinski definition) is 2. The van der Waals surface area contributed by atoms with Crippen molar-refractivity contribution < 1.29 is 14.3 Å². The van der Waals surface area contributed by atoms with Crippen LogP contribution in [0.3, 0.4) is 0 Å². The Morgan fingerprint density at radius 3 is 2.68 bits per heavy atom. The summed E-state index contributed by atoms with van der Waals surface area (Å²) in [5.41, 5.74) is 7.73. The number of carbonyl (C=O) groups is 1. The van der Waals surface area contributed by atoms with Gasteiger partial charge in [0.1, 0.15) is 16.5 Å². The van der Waals surface area contributed by atoms with E-state index in [1.54, 1.807) is 30.5 Å². The van der Waals surface area contributed by atoms with E-state index >= 15 is 0 Å². The summed E-state index contributed by atoms with van der Waals surface area (Å²) in [7, 11) is 3.19. The van der Waals surface area contributed by atoms with Crippen LogP contribution >= 0.6 is 23.7 Å². The Morgan fingerprint density at radius 1 is 1.29 bits per heavy atom. The molecule has 3 N–H and O–H groups in total. The third-order valence-corrected chi connectivity index (χ3v) is 4.86. The fourth-order valence-electron chi connectivity index (χ4n) is 2.59. The standard InChI is InChI=1S/C18H21N5O3S.ClH/c1-11-8-20-23(9-12-4-5-14(25-2)15(6-12)26-3)17(11)22-18(24)13-10-27-16(7-19)21-13;/h4-6,8,10H,7,9,19H2,1-3H3,(H,22,24);1H. The Balaban J connectivity index is 0.00000280. The number of aryl methyl sites for hydroxylation is 1. The normalized spacial score (nSPS) is 10.3. The first-order valence-corrected chi connectivity index (χ1v) is 9.12. The number of halogens is 1. The maximum Gasteiger partial charge on any atom is 0.276 e. The summed E-state index contributed by atoms with van der Waals surface area (Å²) in [6.45, 7) is 2.67. The predicted octanol–water partition coefficient (Wildman–Crippen LogP) is 2.85. The Labute approximate surface area is 173 Å². The molecular formula is C18H22ClN5O3S. The molecule has 0 spiro atoms. The molecule has 2 aromatic heterocycles. The van der Waals surface area contributed by atoms with Gasteiger partial charge < -0.3 is 20.5 Å². The van der Waals surface area contributed by atoms with Crippen molar-refractivity contribution in [2.24, 2.45) is 5.73 Å². The highest BCUT2D eigenvalue weighted by molar-refractivity contribution is 7.09. The molecule has 0 fully saturated rings. The number of carbonyl (C=O) groups excluding carboxylic acids is 1. The van der Waals surface area contributed by atoms with Gasteiger partial charge in [0.2, 0.25) is 0 Å². The van der Waals surface area contributed by atoms with Gasteiger partial charge in [0.25, 0.3) is 5.91 Å². The molecule has 0 saturated carbocycles. The number of amides is 1. The van der Waals surface area contributed by atoms with Crippen LogP contribution in [-0.2, 0) is 13.1 Å². The van der Waals surface area contributed by atoms with Gasteiger partial charge in [0.15, 0.2) is 11.5 Å². The number of thiazole rings is 1. The van der Waals surface area contributed by atoms with Crippen molar-refractivity contribution in [1.82, 2.24) is 14.8 Å². The van der Waals surface area contributed by atoms with Gasteiger partial charge in [-0.05, 0) is 24.6 Å². The van der Waals surface area contributed by atoms with Gasteiger partial charge in [-0.15, -0.1) is 23.7 Å². The van der Waals surface area contributed by atoms with Crippen LogP contribution in [0.25, 0.3) is 0 Å². The molecule has 150 valence electrons. The van der Waals surface area contributed by atoms with Gasteiger partial charge >= 0.3 is 0 Å². The third-order valence-electron chi connectivity index (χ3n) is 3.99. The number of aromatic nitrogens is 3. The second-order valence-corrected chi connectivity index (χ2v) is 6.75. The van der Waals surface area contributed by atoms with Gasteiger partial charge in [-0.1, -0.05) is 6.07 Å². The molecule has 3 aromatic rings. The van der Waals surface area contributed by atoms with Crippen molar-refractivity contribution in [2.75, 3.05) is 19.5 Å². The molecular weight excluding hydrogens is 402 g/mol. The minimum Gasteiger partial charge on any atom is -0.493 e. The van der Waals surface area contributed by atoms with Crippen LogP contribution in [-0.4, -0.2) is 34.9 Å². The molecule has 1 aromatic carbocycles. The molecule has 28 heavy (non-hydrogen) atoms. The largest absolute Gasteiger partial charge is 0.493 e. The number of nitrogens with zero attached hydrogens (tertiary/aromatic N) is 3. The molecule has 0 aliphatic rings. The zero-order chi connectivity index (χ0) is 19.4. The molecule has 3 rings (SSSR count). The van der Waals surface area contributed by atoms with Crippen LogP contribution in [0, 0.1) is 6.92 Å². The topological polar surface area (TPSA) is 104 Å². The van der Waals surface area contributed by atoms with Gasteiger partial charge in [0, 0.05) is 17.5 Å². The van der Waals surface area contributed by atoms with Crippen molar-refractivity contribution in [3.8, 4) is 11.5 Å². The summed E-state index contributed by atoms with van der Waals surface area (Å²) in [4.78, 5) is 16.7. The minimum absolute atomic E-state index is 0. The number of nitrogens with one attached hydrogen (secondary N) is 1. The van der Waals surface area contributed by atoms with E-state index in [0.29, 0.717) is 36.1 Å². The summed E-state index contributed by atoms with van der Waals surface area (Å²) in [6, 6.07) is 5.65. The van der Waals surface area contributed by atoms with E-state index < -0.39 is 0 Å². The molecule has 0 unspecified atom stereocenters. The van der Waals surface area contributed by atoms with E-state index in [1.807, 2.05) is 25.1 Å². The first kappa shape index (κ1) is 21.7. The molecule has 0 atom stereocenters. The van der Waals surface area contributed by atoms with Gasteiger partial charge in [-0.25, -0.2) is 9.67 Å². The van der Waals surface area contributed by atoms with E-state index in [1.165, 1.54) is 11.3 Å². The van der Waals surface area contributed by atoms with Crippen molar-refractivity contribution >= 4 is 35.5 Å². The van der Waals surface area contributed by atoms with Gasteiger partial charge in [0.05, 0.1) is 27.0 Å². The number of anilines is 1. The molecule has 2 heterocycles. The lowest BCUT2D eigenvalue weighted by Gasteiger charge is -2.12. The summed E-state index contributed by atoms with van der Waals surface area (Å²) < 4.78 is 12.3. The summed E-state index contributed by atoms with van der Waals surface area (Å²) >= 11 is 1.36. The van der Waals surface area contributed by atoms with E-state index in [4.69, 9.17) is 15.2 Å². The van der Waals surface area contributed by atoms with Crippen molar-refractivity contribution in [3.63, 3.8) is 0 Å². The average molecular weight is 424 g/mol. The molecule has 0 saturated heterocycles. The molecule has 0 bridgehead atoms. The van der Waals surface area contributed by atoms with Crippen LogP contribution in [0.5, 0.6) is 11.5 Å². The Kier molecular flexibility index (Phi) is 7.38. The number of methoxy groups -OCH3 is 2. The van der Waals surface area contributed by atoms with Crippen molar-refractivity contribution in [1.29, 1.82) is 0 Å². The van der Waals surface area contributed by atoms with Crippen LogP contribution in [0.2, 0.25) is 0 Å². The zero-order valence-electron chi connectivity index (χ0n) is 15.8. The molecule has 0 aliphatic carbocycles. The second-order valence-electron chi connectivity index (χ2n) is 5.81. The Bertz CT molecular complexity index is 957. The molecule has 0 radical (unpaired) electrons. The van der Waals surface area contributed by atoms with Gasteiger partial charge in [-0.2, -0.15) is 5.10 Å². The quantitative estimate of drug-likeness (QED) is 0.605. The average Bonchev–Trinajstić information content (AvgIpc) is 3.30. The molecule has 0 aliphatic heterocycles. The summed E-state index contributed by atoms with van der Waals surface area (Å²) in [5, 5.41) is 9.68. The SMILES string of the molecule is COc1ccc(Cn2ncc(C)c2NC(=O)c2csc(CN)n2)cc1OC.Cl.